The van der Waals surface area contributed by atoms with Crippen molar-refractivity contribution in [2.45, 2.75) is 19.0 Å². The predicted molar refractivity (Wildman–Crippen MR) is 84.4 cm³/mol. The third-order valence-corrected chi connectivity index (χ3v) is 3.34. The topological polar surface area (TPSA) is 67.2 Å². The standard InChI is InChI=1S/C15H16N4OS/c1-11-8-12(2)18-15(17-11)21-10-14(20)19-16-9-13-6-4-3-5-7-13/h3-9H,10H2,1-2H3,(H,19,20). The first-order valence-electron chi connectivity index (χ1n) is 6.45. The van der Waals surface area contributed by atoms with Crippen LogP contribution in [-0.4, -0.2) is 27.8 Å². The van der Waals surface area contributed by atoms with Crippen molar-refractivity contribution in [1.82, 2.24) is 15.4 Å². The second-order valence-electron chi connectivity index (χ2n) is 4.43. The third-order valence-electron chi connectivity index (χ3n) is 2.50. The third kappa shape index (κ3) is 5.35. The minimum Gasteiger partial charge on any atom is -0.272 e. The number of thioether (sulfide) groups is 1. The van der Waals surface area contributed by atoms with E-state index in [0.29, 0.717) is 5.16 Å². The van der Waals surface area contributed by atoms with Gasteiger partial charge >= 0.3 is 0 Å². The highest BCUT2D eigenvalue weighted by Gasteiger charge is 2.05. The van der Waals surface area contributed by atoms with Gasteiger partial charge in [0.15, 0.2) is 5.16 Å². The van der Waals surface area contributed by atoms with Crippen LogP contribution >= 0.6 is 11.8 Å². The smallest absolute Gasteiger partial charge is 0.250 e. The first kappa shape index (κ1) is 15.2. The molecule has 108 valence electrons. The zero-order chi connectivity index (χ0) is 15.1. The van der Waals surface area contributed by atoms with Crippen LogP contribution in [-0.2, 0) is 4.79 Å². The SMILES string of the molecule is Cc1cc(C)nc(SCC(=O)NN=Cc2ccccc2)n1. The maximum atomic E-state index is 11.7. The first-order valence-corrected chi connectivity index (χ1v) is 7.44. The van der Waals surface area contributed by atoms with Crippen molar-refractivity contribution in [1.29, 1.82) is 0 Å². The normalized spacial score (nSPS) is 10.8. The van der Waals surface area contributed by atoms with Crippen molar-refractivity contribution >= 4 is 23.9 Å². The van der Waals surface area contributed by atoms with Gasteiger partial charge in [0.2, 0.25) is 0 Å². The summed E-state index contributed by atoms with van der Waals surface area (Å²) in [4.78, 5) is 20.2. The number of rotatable bonds is 5. The van der Waals surface area contributed by atoms with Crippen molar-refractivity contribution in [3.8, 4) is 0 Å². The Kier molecular flexibility index (Phi) is 5.45. The molecule has 21 heavy (non-hydrogen) atoms. The van der Waals surface area contributed by atoms with E-state index in [1.807, 2.05) is 50.2 Å². The van der Waals surface area contributed by atoms with E-state index in [1.54, 1.807) is 6.21 Å². The van der Waals surface area contributed by atoms with Gasteiger partial charge in [0.25, 0.3) is 5.91 Å². The molecule has 0 aliphatic heterocycles. The summed E-state index contributed by atoms with van der Waals surface area (Å²) in [6.07, 6.45) is 1.61. The summed E-state index contributed by atoms with van der Waals surface area (Å²) in [5.74, 6) is 0.0459. The number of aryl methyl sites for hydroxylation is 2. The van der Waals surface area contributed by atoms with Crippen LogP contribution in [0.4, 0.5) is 0 Å². The van der Waals surface area contributed by atoms with E-state index in [9.17, 15) is 4.79 Å². The van der Waals surface area contributed by atoms with Gasteiger partial charge in [-0.2, -0.15) is 5.10 Å². The largest absolute Gasteiger partial charge is 0.272 e. The molecule has 0 aliphatic rings. The lowest BCUT2D eigenvalue weighted by Crippen LogP contribution is -2.19. The molecule has 2 rings (SSSR count). The zero-order valence-electron chi connectivity index (χ0n) is 11.9. The summed E-state index contributed by atoms with van der Waals surface area (Å²) in [6, 6.07) is 11.5. The lowest BCUT2D eigenvalue weighted by molar-refractivity contribution is -0.118. The summed E-state index contributed by atoms with van der Waals surface area (Å²) < 4.78 is 0. The van der Waals surface area contributed by atoms with Crippen molar-refractivity contribution in [3.63, 3.8) is 0 Å². The number of amides is 1. The van der Waals surface area contributed by atoms with Gasteiger partial charge in [0.05, 0.1) is 12.0 Å². The molecule has 5 nitrogen and oxygen atoms in total. The molecular formula is C15H16N4OS. The number of nitrogens with zero attached hydrogens (tertiary/aromatic N) is 3. The number of benzene rings is 1. The number of carbonyl (C=O) groups is 1. The molecule has 0 atom stereocenters. The number of carbonyl (C=O) groups excluding carboxylic acids is 1. The lowest BCUT2D eigenvalue weighted by Gasteiger charge is -2.02. The van der Waals surface area contributed by atoms with E-state index in [0.717, 1.165) is 17.0 Å². The van der Waals surface area contributed by atoms with Crippen LogP contribution in [0.25, 0.3) is 0 Å². The highest BCUT2D eigenvalue weighted by Crippen LogP contribution is 2.13. The monoisotopic (exact) mass is 300 g/mol. The summed E-state index contributed by atoms with van der Waals surface area (Å²) in [7, 11) is 0. The number of hydrogen-bond acceptors (Lipinski definition) is 5. The average Bonchev–Trinajstić information content (AvgIpc) is 2.45. The molecule has 6 heteroatoms. The quantitative estimate of drug-likeness (QED) is 0.398. The Bertz CT molecular complexity index is 623. The molecule has 1 aromatic heterocycles. The molecule has 0 spiro atoms. The molecule has 0 bridgehead atoms. The van der Waals surface area contributed by atoms with Crippen LogP contribution in [0.15, 0.2) is 46.7 Å². The molecule has 1 N–H and O–H groups in total. The number of hydrazone groups is 1. The van der Waals surface area contributed by atoms with Crippen LogP contribution in [0, 0.1) is 13.8 Å². The van der Waals surface area contributed by atoms with E-state index in [2.05, 4.69) is 20.5 Å². The Hall–Kier alpha value is -2.21. The molecular weight excluding hydrogens is 284 g/mol. The highest BCUT2D eigenvalue weighted by atomic mass is 32.2. The Labute approximate surface area is 127 Å². The van der Waals surface area contributed by atoms with Crippen LogP contribution in [0.5, 0.6) is 0 Å². The summed E-state index contributed by atoms with van der Waals surface area (Å²) in [5, 5.41) is 4.52. The molecule has 1 aromatic carbocycles. The maximum Gasteiger partial charge on any atom is 0.250 e. The average molecular weight is 300 g/mol. The summed E-state index contributed by atoms with van der Waals surface area (Å²) >= 11 is 1.29. The van der Waals surface area contributed by atoms with Gasteiger partial charge in [0.1, 0.15) is 0 Å². The Morgan fingerprint density at radius 2 is 1.90 bits per heavy atom. The fraction of sp³-hybridized carbons (Fsp3) is 0.200. The van der Waals surface area contributed by atoms with Gasteiger partial charge in [-0.05, 0) is 25.5 Å². The van der Waals surface area contributed by atoms with Crippen LogP contribution in [0.3, 0.4) is 0 Å². The highest BCUT2D eigenvalue weighted by molar-refractivity contribution is 7.99. The molecule has 0 radical (unpaired) electrons. The fourth-order valence-electron chi connectivity index (χ4n) is 1.64. The van der Waals surface area contributed by atoms with Crippen molar-refractivity contribution in [3.05, 3.63) is 53.3 Å². The Morgan fingerprint density at radius 1 is 1.24 bits per heavy atom. The van der Waals surface area contributed by atoms with Gasteiger partial charge in [0, 0.05) is 11.4 Å². The Morgan fingerprint density at radius 3 is 2.57 bits per heavy atom. The number of nitrogens with one attached hydrogen (secondary N) is 1. The molecule has 1 heterocycles. The van der Waals surface area contributed by atoms with Gasteiger partial charge < -0.3 is 0 Å². The molecule has 2 aromatic rings. The minimum absolute atomic E-state index is 0.185. The van der Waals surface area contributed by atoms with E-state index < -0.39 is 0 Å². The van der Waals surface area contributed by atoms with Crippen LogP contribution in [0.1, 0.15) is 17.0 Å². The predicted octanol–water partition coefficient (Wildman–Crippen LogP) is 2.34. The first-order chi connectivity index (χ1) is 10.1. The summed E-state index contributed by atoms with van der Waals surface area (Å²) in [6.45, 7) is 3.81. The number of aromatic nitrogens is 2. The van der Waals surface area contributed by atoms with Crippen molar-refractivity contribution in [2.75, 3.05) is 5.75 Å². The van der Waals surface area contributed by atoms with E-state index in [4.69, 9.17) is 0 Å². The van der Waals surface area contributed by atoms with E-state index in [-0.39, 0.29) is 11.7 Å². The molecule has 0 saturated heterocycles. The van der Waals surface area contributed by atoms with Crippen molar-refractivity contribution < 1.29 is 4.79 Å². The van der Waals surface area contributed by atoms with Gasteiger partial charge in [-0.15, -0.1) is 0 Å². The second kappa shape index (κ2) is 7.54. The van der Waals surface area contributed by atoms with Crippen LogP contribution < -0.4 is 5.43 Å². The second-order valence-corrected chi connectivity index (χ2v) is 5.37. The van der Waals surface area contributed by atoms with E-state index >= 15 is 0 Å². The zero-order valence-corrected chi connectivity index (χ0v) is 12.7. The maximum absolute atomic E-state index is 11.7. The number of hydrogen-bond donors (Lipinski definition) is 1. The summed E-state index contributed by atoms with van der Waals surface area (Å²) in [5.41, 5.74) is 5.21. The van der Waals surface area contributed by atoms with Crippen molar-refractivity contribution in [2.24, 2.45) is 5.10 Å². The van der Waals surface area contributed by atoms with Gasteiger partial charge in [-0.3, -0.25) is 4.79 Å². The molecule has 1 amide bonds. The fourth-order valence-corrected chi connectivity index (χ4v) is 2.38. The minimum atomic E-state index is -0.185. The van der Waals surface area contributed by atoms with Gasteiger partial charge in [-0.1, -0.05) is 42.1 Å². The van der Waals surface area contributed by atoms with Gasteiger partial charge in [-0.25, -0.2) is 15.4 Å². The molecule has 0 aliphatic carbocycles. The molecule has 0 saturated carbocycles. The van der Waals surface area contributed by atoms with E-state index in [1.165, 1.54) is 11.8 Å². The lowest BCUT2D eigenvalue weighted by atomic mass is 10.2. The molecule has 0 fully saturated rings. The Balaban J connectivity index is 1.81. The van der Waals surface area contributed by atoms with Crippen LogP contribution in [0.2, 0.25) is 0 Å². The molecule has 0 unspecified atom stereocenters.